The molecule has 0 saturated carbocycles. The zero-order chi connectivity index (χ0) is 16.2. The second-order valence-corrected chi connectivity index (χ2v) is 8.29. The first-order valence-electron chi connectivity index (χ1n) is 6.55. The monoisotopic (exact) mass is 347 g/mol. The van der Waals surface area contributed by atoms with E-state index in [-0.39, 0.29) is 6.61 Å². The van der Waals surface area contributed by atoms with Gasteiger partial charge in [-0.1, -0.05) is 6.92 Å². The first kappa shape index (κ1) is 19.1. The fourth-order valence-corrected chi connectivity index (χ4v) is 5.78. The van der Waals surface area contributed by atoms with Gasteiger partial charge in [-0.05, 0) is 6.42 Å². The van der Waals surface area contributed by atoms with E-state index in [0.717, 1.165) is 0 Å². The molecule has 8 nitrogen and oxygen atoms in total. The van der Waals surface area contributed by atoms with Gasteiger partial charge < -0.3 is 20.1 Å². The Morgan fingerprint density at radius 1 is 1.33 bits per heavy atom. The second-order valence-electron chi connectivity index (χ2n) is 4.89. The maximum atomic E-state index is 10.8. The summed E-state index contributed by atoms with van der Waals surface area (Å²) < 4.78 is 40.3. The molecule has 1 aliphatic rings. The molecule has 0 amide bonds. The van der Waals surface area contributed by atoms with Crippen molar-refractivity contribution >= 4 is 21.3 Å². The Kier molecular flexibility index (Phi) is 7.34. The maximum absolute atomic E-state index is 10.8. The number of aliphatic hydroxyl groups is 3. The van der Waals surface area contributed by atoms with Gasteiger partial charge in [0.15, 0.2) is 5.25 Å². The van der Waals surface area contributed by atoms with E-state index in [1.165, 1.54) is 7.11 Å². The van der Waals surface area contributed by atoms with Crippen molar-refractivity contribution in [2.24, 2.45) is 0 Å². The molecule has 6 atom stereocenters. The highest BCUT2D eigenvalue weighted by atomic mass is 32.3. The van der Waals surface area contributed by atoms with Gasteiger partial charge >= 0.3 is 10.4 Å². The summed E-state index contributed by atoms with van der Waals surface area (Å²) >= 11 is 0. The topological polar surface area (TPSA) is 134 Å². The predicted molar refractivity (Wildman–Crippen MR) is 77.5 cm³/mol. The van der Waals surface area contributed by atoms with Gasteiger partial charge in [-0.25, -0.2) is 4.18 Å². The molecule has 1 aliphatic heterocycles. The van der Waals surface area contributed by atoms with Gasteiger partial charge in [-0.15, -0.1) is 0 Å². The average Bonchev–Trinajstić information content (AvgIpc) is 2.67. The minimum Gasteiger partial charge on any atom is -0.391 e. The summed E-state index contributed by atoms with van der Waals surface area (Å²) in [6.07, 6.45) is -3.12. The van der Waals surface area contributed by atoms with Gasteiger partial charge in [-0.2, -0.15) is 8.42 Å². The van der Waals surface area contributed by atoms with Crippen LogP contribution >= 0.6 is 0 Å². The van der Waals surface area contributed by atoms with Crippen molar-refractivity contribution in [2.45, 2.75) is 43.0 Å². The van der Waals surface area contributed by atoms with Crippen molar-refractivity contribution in [3.63, 3.8) is 0 Å². The van der Waals surface area contributed by atoms with Crippen molar-refractivity contribution in [1.82, 2.24) is 0 Å². The molecule has 0 aromatic rings. The Balaban J connectivity index is 2.76. The number of ether oxygens (including phenoxy) is 1. The van der Waals surface area contributed by atoms with E-state index in [0.29, 0.717) is 17.9 Å². The SMILES string of the molecule is CC[C@H](OS(=O)(=O)O)[C@@H](C[S@@+]1C[C@@H](O)[C@H](O)[C@H]1CO)OC. The Hall–Kier alpha value is 0.0600. The lowest BCUT2D eigenvalue weighted by atomic mass is 10.2. The Bertz CT molecular complexity index is 414. The van der Waals surface area contributed by atoms with E-state index in [2.05, 4.69) is 4.18 Å². The van der Waals surface area contributed by atoms with Crippen LogP contribution in [-0.4, -0.2) is 83.2 Å². The zero-order valence-corrected chi connectivity index (χ0v) is 13.6. The molecular formula is C11H23O8S2+. The fraction of sp³-hybridized carbons (Fsp3) is 1.00. The van der Waals surface area contributed by atoms with Gasteiger partial charge in [0, 0.05) is 18.0 Å². The van der Waals surface area contributed by atoms with Crippen LogP contribution in [0.1, 0.15) is 13.3 Å². The molecule has 1 fully saturated rings. The highest BCUT2D eigenvalue weighted by Crippen LogP contribution is 2.26. The lowest BCUT2D eigenvalue weighted by Gasteiger charge is -2.23. The molecule has 10 heteroatoms. The van der Waals surface area contributed by atoms with Crippen LogP contribution in [0, 0.1) is 0 Å². The van der Waals surface area contributed by atoms with E-state index in [9.17, 15) is 23.7 Å². The molecule has 21 heavy (non-hydrogen) atoms. The average molecular weight is 347 g/mol. The Labute approximate surface area is 127 Å². The zero-order valence-electron chi connectivity index (χ0n) is 12.0. The van der Waals surface area contributed by atoms with Crippen molar-refractivity contribution in [1.29, 1.82) is 0 Å². The lowest BCUT2D eigenvalue weighted by molar-refractivity contribution is 0.0124. The Morgan fingerprint density at radius 2 is 1.95 bits per heavy atom. The molecule has 0 radical (unpaired) electrons. The van der Waals surface area contributed by atoms with Crippen molar-refractivity contribution < 1.29 is 37.2 Å². The second kappa shape index (κ2) is 8.06. The molecule has 0 aliphatic carbocycles. The third kappa shape index (κ3) is 5.32. The molecule has 0 unspecified atom stereocenters. The van der Waals surface area contributed by atoms with Gasteiger partial charge in [0.25, 0.3) is 0 Å². The van der Waals surface area contributed by atoms with Gasteiger partial charge in [0.2, 0.25) is 0 Å². The fourth-order valence-electron chi connectivity index (χ4n) is 2.38. The number of aliphatic hydroxyl groups excluding tert-OH is 3. The molecule has 1 saturated heterocycles. The molecule has 0 spiro atoms. The van der Waals surface area contributed by atoms with E-state index in [4.69, 9.17) is 9.29 Å². The first-order valence-corrected chi connectivity index (χ1v) is 9.54. The van der Waals surface area contributed by atoms with Crippen LogP contribution in [0.15, 0.2) is 0 Å². The number of hydrogen-bond acceptors (Lipinski definition) is 7. The number of methoxy groups -OCH3 is 1. The molecule has 1 heterocycles. The van der Waals surface area contributed by atoms with E-state index >= 15 is 0 Å². The van der Waals surface area contributed by atoms with Crippen molar-refractivity contribution in [2.75, 3.05) is 25.2 Å². The van der Waals surface area contributed by atoms with E-state index < -0.39 is 51.0 Å². The van der Waals surface area contributed by atoms with Crippen LogP contribution in [0.2, 0.25) is 0 Å². The van der Waals surface area contributed by atoms with Crippen LogP contribution in [0.4, 0.5) is 0 Å². The minimum absolute atomic E-state index is 0.270. The van der Waals surface area contributed by atoms with Crippen LogP contribution in [0.3, 0.4) is 0 Å². The number of rotatable bonds is 8. The molecule has 1 rings (SSSR count). The summed E-state index contributed by atoms with van der Waals surface area (Å²) in [6.45, 7) is 1.42. The van der Waals surface area contributed by atoms with Crippen molar-refractivity contribution in [3.05, 3.63) is 0 Å². The quantitative estimate of drug-likeness (QED) is 0.302. The summed E-state index contributed by atoms with van der Waals surface area (Å²) in [6, 6.07) is 0. The highest BCUT2D eigenvalue weighted by Gasteiger charge is 2.50. The van der Waals surface area contributed by atoms with Crippen LogP contribution in [0.5, 0.6) is 0 Å². The van der Waals surface area contributed by atoms with E-state index in [1.807, 2.05) is 0 Å². The van der Waals surface area contributed by atoms with Gasteiger partial charge in [0.1, 0.15) is 35.9 Å². The summed E-state index contributed by atoms with van der Waals surface area (Å²) in [7, 11) is -3.74. The largest absolute Gasteiger partial charge is 0.397 e. The lowest BCUT2D eigenvalue weighted by Crippen LogP contribution is -2.42. The Morgan fingerprint density at radius 3 is 2.38 bits per heavy atom. The molecule has 4 N–H and O–H groups in total. The van der Waals surface area contributed by atoms with Gasteiger partial charge in [-0.3, -0.25) is 4.55 Å². The predicted octanol–water partition coefficient (Wildman–Crippen LogP) is -1.69. The summed E-state index contributed by atoms with van der Waals surface area (Å²) in [5.74, 6) is 0.637. The van der Waals surface area contributed by atoms with Crippen LogP contribution < -0.4 is 0 Å². The molecule has 0 aromatic heterocycles. The highest BCUT2D eigenvalue weighted by molar-refractivity contribution is 7.97. The smallest absolute Gasteiger partial charge is 0.391 e. The minimum atomic E-state index is -4.59. The summed E-state index contributed by atoms with van der Waals surface area (Å²) in [5.41, 5.74) is 0. The standard InChI is InChI=1S/C11H22O8S2/c1-3-8(19-21(15,16)17)9(18-2)6-20-5-7(13)11(14)10(20)4-12/h7-14H,3-6H2,1-2H3/p+1/t7-,8+,9-,10-,11+,20-/m1/s1. The summed E-state index contributed by atoms with van der Waals surface area (Å²) in [5, 5.41) is 28.3. The molecule has 0 bridgehead atoms. The maximum Gasteiger partial charge on any atom is 0.397 e. The third-order valence-electron chi connectivity index (χ3n) is 3.51. The third-order valence-corrected chi connectivity index (χ3v) is 6.81. The van der Waals surface area contributed by atoms with Gasteiger partial charge in [0.05, 0.1) is 6.61 Å². The number of hydrogen-bond donors (Lipinski definition) is 4. The van der Waals surface area contributed by atoms with Crippen LogP contribution in [0.25, 0.3) is 0 Å². The van der Waals surface area contributed by atoms with Crippen molar-refractivity contribution in [3.8, 4) is 0 Å². The van der Waals surface area contributed by atoms with E-state index in [1.54, 1.807) is 6.92 Å². The normalized spacial score (nSPS) is 33.0. The van der Waals surface area contributed by atoms with Crippen LogP contribution in [-0.2, 0) is 30.2 Å². The summed E-state index contributed by atoms with van der Waals surface area (Å²) in [4.78, 5) is 0. The molecular weight excluding hydrogens is 324 g/mol. The molecule has 126 valence electrons. The first-order chi connectivity index (χ1) is 9.73. The molecule has 0 aromatic carbocycles.